The van der Waals surface area contributed by atoms with Crippen molar-refractivity contribution in [1.82, 2.24) is 0 Å². The van der Waals surface area contributed by atoms with Crippen molar-refractivity contribution in [2.75, 3.05) is 0 Å². The minimum absolute atomic E-state index is 0.385. The van der Waals surface area contributed by atoms with Crippen LogP contribution in [0.1, 0.15) is 11.1 Å². The summed E-state index contributed by atoms with van der Waals surface area (Å²) in [5, 5.41) is 12.4. The van der Waals surface area contributed by atoms with Crippen LogP contribution in [-0.2, 0) is 12.8 Å². The van der Waals surface area contributed by atoms with Gasteiger partial charge in [0.05, 0.1) is 0 Å². The summed E-state index contributed by atoms with van der Waals surface area (Å²) in [5.41, 5.74) is 2.26. The van der Waals surface area contributed by atoms with Crippen molar-refractivity contribution < 1.29 is 5.11 Å². The van der Waals surface area contributed by atoms with Crippen molar-refractivity contribution >= 4 is 26.7 Å². The summed E-state index contributed by atoms with van der Waals surface area (Å²) in [6.07, 6.45) is 1.74. The average molecular weight is 327 g/mol. The third-order valence-corrected chi connectivity index (χ3v) is 4.34. The predicted molar refractivity (Wildman–Crippen MR) is 87.2 cm³/mol. The van der Waals surface area contributed by atoms with Gasteiger partial charge in [0.25, 0.3) is 0 Å². The summed E-state index contributed by atoms with van der Waals surface area (Å²) >= 11 is 3.57. The molecule has 3 aromatic carbocycles. The second-order valence-electron chi connectivity index (χ2n) is 4.92. The van der Waals surface area contributed by atoms with Gasteiger partial charge in [-0.05, 0) is 52.9 Å². The number of aromatic hydroxyl groups is 1. The highest BCUT2D eigenvalue weighted by atomic mass is 79.9. The van der Waals surface area contributed by atoms with Crippen LogP contribution in [-0.4, -0.2) is 5.11 Å². The molecule has 0 aliphatic carbocycles. The van der Waals surface area contributed by atoms with E-state index < -0.39 is 0 Å². The Bertz CT molecular complexity index is 749. The minimum Gasteiger partial charge on any atom is -0.508 e. The second-order valence-corrected chi connectivity index (χ2v) is 5.77. The molecule has 20 heavy (non-hydrogen) atoms. The Kier molecular flexibility index (Phi) is 3.75. The third kappa shape index (κ3) is 2.70. The van der Waals surface area contributed by atoms with Crippen LogP contribution in [0.5, 0.6) is 5.75 Å². The highest BCUT2D eigenvalue weighted by Gasteiger charge is 2.05. The quantitative estimate of drug-likeness (QED) is 0.710. The lowest BCUT2D eigenvalue weighted by Crippen LogP contribution is -1.93. The van der Waals surface area contributed by atoms with Crippen molar-refractivity contribution in [3.63, 3.8) is 0 Å². The first-order valence-electron chi connectivity index (χ1n) is 6.68. The van der Waals surface area contributed by atoms with Crippen molar-refractivity contribution in [2.24, 2.45) is 0 Å². The Morgan fingerprint density at radius 3 is 2.10 bits per heavy atom. The van der Waals surface area contributed by atoms with Crippen LogP contribution in [0.4, 0.5) is 0 Å². The summed E-state index contributed by atoms with van der Waals surface area (Å²) in [5.74, 6) is 0.385. The minimum atomic E-state index is 0.385. The van der Waals surface area contributed by atoms with E-state index >= 15 is 0 Å². The van der Waals surface area contributed by atoms with E-state index in [1.54, 1.807) is 0 Å². The lowest BCUT2D eigenvalue weighted by atomic mass is 10.00. The van der Waals surface area contributed by atoms with E-state index in [0.717, 1.165) is 28.3 Å². The molecular weight excluding hydrogens is 312 g/mol. The summed E-state index contributed by atoms with van der Waals surface area (Å²) in [4.78, 5) is 0. The highest BCUT2D eigenvalue weighted by molar-refractivity contribution is 9.10. The Morgan fingerprint density at radius 2 is 1.35 bits per heavy atom. The molecule has 0 aliphatic rings. The number of fused-ring (bicyclic) bond motifs is 1. The Balaban J connectivity index is 1.87. The van der Waals surface area contributed by atoms with Gasteiger partial charge in [0.15, 0.2) is 0 Å². The van der Waals surface area contributed by atoms with Gasteiger partial charge in [-0.15, -0.1) is 0 Å². The van der Waals surface area contributed by atoms with Gasteiger partial charge in [0.1, 0.15) is 5.75 Å². The fourth-order valence-corrected chi connectivity index (χ4v) is 2.93. The first kappa shape index (κ1) is 13.2. The van der Waals surface area contributed by atoms with E-state index in [-0.39, 0.29) is 0 Å². The molecule has 3 rings (SSSR count). The van der Waals surface area contributed by atoms with E-state index in [1.165, 1.54) is 10.9 Å². The molecule has 0 atom stereocenters. The van der Waals surface area contributed by atoms with Gasteiger partial charge in [-0.25, -0.2) is 0 Å². The van der Waals surface area contributed by atoms with Gasteiger partial charge in [-0.2, -0.15) is 0 Å². The molecule has 0 saturated heterocycles. The molecule has 1 N–H and O–H groups in total. The molecule has 100 valence electrons. The number of hydrogen-bond donors (Lipinski definition) is 1. The van der Waals surface area contributed by atoms with E-state index in [9.17, 15) is 5.11 Å². The van der Waals surface area contributed by atoms with Crippen LogP contribution < -0.4 is 0 Å². The molecule has 0 aliphatic heterocycles. The fraction of sp³-hybridized carbons (Fsp3) is 0.111. The van der Waals surface area contributed by atoms with Crippen LogP contribution in [0.25, 0.3) is 10.8 Å². The molecule has 0 unspecified atom stereocenters. The standard InChI is InChI=1S/C18H15BrO/c19-17-8-4-3-5-13(17)9-10-16-11-14-6-1-2-7-15(14)12-18(16)20/h1-8,11-12,20H,9-10H2. The zero-order chi connectivity index (χ0) is 13.9. The number of benzene rings is 3. The van der Waals surface area contributed by atoms with Crippen LogP contribution >= 0.6 is 15.9 Å². The molecule has 0 radical (unpaired) electrons. The largest absolute Gasteiger partial charge is 0.508 e. The van der Waals surface area contributed by atoms with Gasteiger partial charge in [-0.1, -0.05) is 58.4 Å². The van der Waals surface area contributed by atoms with Gasteiger partial charge in [-0.3, -0.25) is 0 Å². The highest BCUT2D eigenvalue weighted by Crippen LogP contribution is 2.27. The zero-order valence-corrected chi connectivity index (χ0v) is 12.6. The van der Waals surface area contributed by atoms with Crippen molar-refractivity contribution in [2.45, 2.75) is 12.8 Å². The Hall–Kier alpha value is -1.80. The van der Waals surface area contributed by atoms with E-state index in [4.69, 9.17) is 0 Å². The number of aryl methyl sites for hydroxylation is 2. The maximum absolute atomic E-state index is 10.1. The maximum Gasteiger partial charge on any atom is 0.119 e. The molecule has 0 fully saturated rings. The molecule has 0 heterocycles. The number of phenols is 1. The fourth-order valence-electron chi connectivity index (χ4n) is 2.45. The SMILES string of the molecule is Oc1cc2ccccc2cc1CCc1ccccc1Br. The monoisotopic (exact) mass is 326 g/mol. The van der Waals surface area contributed by atoms with Crippen LogP contribution in [0, 0.1) is 0 Å². The van der Waals surface area contributed by atoms with Gasteiger partial charge in [0.2, 0.25) is 0 Å². The topological polar surface area (TPSA) is 20.2 Å². The van der Waals surface area contributed by atoms with E-state index in [1.807, 2.05) is 36.4 Å². The number of halogens is 1. The summed E-state index contributed by atoms with van der Waals surface area (Å²) < 4.78 is 1.13. The van der Waals surface area contributed by atoms with Crippen molar-refractivity contribution in [3.8, 4) is 5.75 Å². The molecule has 3 aromatic rings. The van der Waals surface area contributed by atoms with Crippen molar-refractivity contribution in [3.05, 3.63) is 76.3 Å². The lowest BCUT2D eigenvalue weighted by molar-refractivity contribution is 0.469. The molecule has 2 heteroatoms. The summed E-state index contributed by atoms with van der Waals surface area (Å²) in [6, 6.07) is 20.3. The van der Waals surface area contributed by atoms with E-state index in [2.05, 4.69) is 40.2 Å². The zero-order valence-electron chi connectivity index (χ0n) is 11.0. The molecule has 1 nitrogen and oxygen atoms in total. The summed E-state index contributed by atoms with van der Waals surface area (Å²) in [7, 11) is 0. The average Bonchev–Trinajstić information content (AvgIpc) is 2.46. The number of hydrogen-bond acceptors (Lipinski definition) is 1. The van der Waals surface area contributed by atoms with Gasteiger partial charge in [0, 0.05) is 4.47 Å². The normalized spacial score (nSPS) is 10.8. The molecule has 0 bridgehead atoms. The second kappa shape index (κ2) is 5.68. The smallest absolute Gasteiger partial charge is 0.119 e. The molecular formula is C18H15BrO. The Morgan fingerprint density at radius 1 is 0.750 bits per heavy atom. The van der Waals surface area contributed by atoms with Gasteiger partial charge >= 0.3 is 0 Å². The van der Waals surface area contributed by atoms with Gasteiger partial charge < -0.3 is 5.11 Å². The van der Waals surface area contributed by atoms with Crippen LogP contribution in [0.3, 0.4) is 0 Å². The molecule has 0 amide bonds. The number of phenolic OH excluding ortho intramolecular Hbond substituents is 1. The lowest BCUT2D eigenvalue weighted by Gasteiger charge is -2.08. The Labute approximate surface area is 127 Å². The molecule has 0 saturated carbocycles. The van der Waals surface area contributed by atoms with Crippen molar-refractivity contribution in [1.29, 1.82) is 0 Å². The first-order valence-corrected chi connectivity index (χ1v) is 7.47. The van der Waals surface area contributed by atoms with Crippen LogP contribution in [0.2, 0.25) is 0 Å². The first-order chi connectivity index (χ1) is 9.74. The third-order valence-electron chi connectivity index (χ3n) is 3.57. The predicted octanol–water partition coefficient (Wildman–Crippen LogP) is 5.09. The molecule has 0 spiro atoms. The summed E-state index contributed by atoms with van der Waals surface area (Å²) in [6.45, 7) is 0. The van der Waals surface area contributed by atoms with E-state index in [0.29, 0.717) is 5.75 Å². The van der Waals surface area contributed by atoms with Crippen LogP contribution in [0.15, 0.2) is 65.1 Å². The maximum atomic E-state index is 10.1. The molecule has 0 aromatic heterocycles. The number of rotatable bonds is 3.